The molecule has 1 fully saturated rings. The van der Waals surface area contributed by atoms with Crippen molar-refractivity contribution in [2.45, 2.75) is 18.8 Å². The van der Waals surface area contributed by atoms with Crippen LogP contribution >= 0.6 is 0 Å². The molecule has 0 bridgehead atoms. The highest BCUT2D eigenvalue weighted by Crippen LogP contribution is 2.38. The topological polar surface area (TPSA) is 96.6 Å². The Morgan fingerprint density at radius 3 is 2.74 bits per heavy atom. The molecule has 3 aromatic heterocycles. The molecule has 1 N–H and O–H groups in total. The zero-order valence-electron chi connectivity index (χ0n) is 23.2. The van der Waals surface area contributed by atoms with Gasteiger partial charge in [0, 0.05) is 51.2 Å². The Hall–Kier alpha value is -4.59. The Kier molecular flexibility index (Phi) is 7.01. The molecule has 14 heteroatoms. The molecule has 42 heavy (non-hydrogen) atoms. The summed E-state index contributed by atoms with van der Waals surface area (Å²) in [6.45, 7) is 6.17. The number of fused-ring (bicyclic) bond motifs is 4. The number of allylic oxidation sites excluding steroid dienone is 1. The molecular weight excluding hydrogens is 551 g/mol. The average molecular weight is 582 g/mol. The van der Waals surface area contributed by atoms with Crippen LogP contribution in [0.15, 0.2) is 60.0 Å². The van der Waals surface area contributed by atoms with Gasteiger partial charge >= 0.3 is 6.18 Å². The number of hydrogen-bond donors (Lipinski definition) is 1. The van der Waals surface area contributed by atoms with E-state index < -0.39 is 18.3 Å². The first-order chi connectivity index (χ1) is 20.1. The van der Waals surface area contributed by atoms with E-state index in [1.54, 1.807) is 6.07 Å². The molecule has 0 amide bonds. The van der Waals surface area contributed by atoms with Crippen molar-refractivity contribution in [2.75, 3.05) is 62.0 Å². The van der Waals surface area contributed by atoms with Crippen LogP contribution in [0.5, 0.6) is 5.88 Å². The minimum Gasteiger partial charge on any atom is -0.468 e. The third kappa shape index (κ3) is 5.24. The summed E-state index contributed by atoms with van der Waals surface area (Å²) in [5, 5.41) is 3.48. The quantitative estimate of drug-likeness (QED) is 0.330. The number of pyridine rings is 1. The number of nitrogens with one attached hydrogen (secondary N) is 1. The summed E-state index contributed by atoms with van der Waals surface area (Å²) in [5.41, 5.74) is 2.89. The van der Waals surface area contributed by atoms with E-state index in [9.17, 15) is 18.0 Å². The largest absolute Gasteiger partial charge is 0.468 e. The zero-order valence-corrected chi connectivity index (χ0v) is 23.2. The lowest BCUT2D eigenvalue weighted by molar-refractivity contribution is -0.154. The second-order valence-corrected chi connectivity index (χ2v) is 10.5. The molecule has 0 aliphatic carbocycles. The molecule has 4 aromatic rings. The van der Waals surface area contributed by atoms with Crippen LogP contribution < -0.4 is 25.4 Å². The van der Waals surface area contributed by atoms with Crippen LogP contribution in [-0.2, 0) is 6.54 Å². The van der Waals surface area contributed by atoms with Crippen LogP contribution in [0.3, 0.4) is 0 Å². The van der Waals surface area contributed by atoms with E-state index in [0.717, 1.165) is 43.2 Å². The molecule has 11 nitrogen and oxygen atoms in total. The lowest BCUT2D eigenvalue weighted by Crippen LogP contribution is -2.58. The van der Waals surface area contributed by atoms with Crippen molar-refractivity contribution in [3.8, 4) is 11.7 Å². The molecule has 0 saturated carbocycles. The lowest BCUT2D eigenvalue weighted by Gasteiger charge is -2.48. The van der Waals surface area contributed by atoms with E-state index in [2.05, 4.69) is 67.8 Å². The van der Waals surface area contributed by atoms with Gasteiger partial charge in [-0.15, -0.1) is 6.58 Å². The number of aromatic nitrogens is 5. The third-order valence-electron chi connectivity index (χ3n) is 7.41. The number of halogens is 3. The minimum absolute atomic E-state index is 0.109. The molecule has 1 unspecified atom stereocenters. The molecule has 2 aliphatic heterocycles. The first kappa shape index (κ1) is 27.6. The minimum atomic E-state index is -4.52. The Balaban J connectivity index is 1.37. The number of likely N-dealkylation sites (N-methyl/N-ethyl adjacent to an activating group) is 2. The summed E-state index contributed by atoms with van der Waals surface area (Å²) in [5.74, 6) is 0.166. The molecule has 1 aromatic carbocycles. The standard InChI is InChI=1S/C28H30F3N9O2/c1-4-10-39-26(41)20-14-32-27(35-25(20)40(39)23-6-5-7-24(34-23)42-17-28(29,30)31)33-18-8-9-21-22(13-18)38-12-11-36(2)15-19(38)16-37(21)3/h4-9,13-14,19H,1,10-12,15-17H2,2-3H3,(H,32,33,35). The van der Waals surface area contributed by atoms with E-state index in [-0.39, 0.29) is 35.2 Å². The van der Waals surface area contributed by atoms with Gasteiger partial charge in [0.25, 0.3) is 5.56 Å². The number of benzene rings is 1. The number of anilines is 4. The number of ether oxygens (including phenoxy) is 1. The number of rotatable bonds is 7. The lowest BCUT2D eigenvalue weighted by atomic mass is 10.0. The number of piperazine rings is 1. The highest BCUT2D eigenvalue weighted by molar-refractivity contribution is 5.80. The highest BCUT2D eigenvalue weighted by atomic mass is 19.4. The predicted octanol–water partition coefficient (Wildman–Crippen LogP) is 3.42. The van der Waals surface area contributed by atoms with Crippen LogP contribution in [0.1, 0.15) is 0 Å². The van der Waals surface area contributed by atoms with E-state index in [1.807, 2.05) is 6.07 Å². The smallest absolute Gasteiger partial charge is 0.422 e. The van der Waals surface area contributed by atoms with Gasteiger partial charge in [0.15, 0.2) is 18.1 Å². The molecule has 1 saturated heterocycles. The summed E-state index contributed by atoms with van der Waals surface area (Å²) in [4.78, 5) is 33.5. The van der Waals surface area contributed by atoms with Crippen LogP contribution in [0.4, 0.5) is 36.2 Å². The van der Waals surface area contributed by atoms with Gasteiger partial charge in [-0.3, -0.25) is 4.79 Å². The van der Waals surface area contributed by atoms with Crippen molar-refractivity contribution in [2.24, 2.45) is 0 Å². The maximum atomic E-state index is 13.2. The van der Waals surface area contributed by atoms with Gasteiger partial charge in [-0.05, 0) is 31.3 Å². The normalized spacial score (nSPS) is 17.2. The van der Waals surface area contributed by atoms with Crippen LogP contribution in [0.2, 0.25) is 0 Å². The van der Waals surface area contributed by atoms with Gasteiger partial charge < -0.3 is 24.8 Å². The molecule has 5 heterocycles. The Morgan fingerprint density at radius 2 is 1.95 bits per heavy atom. The van der Waals surface area contributed by atoms with Gasteiger partial charge in [0.1, 0.15) is 5.39 Å². The number of alkyl halides is 3. The molecule has 0 spiro atoms. The summed E-state index contributed by atoms with van der Waals surface area (Å²) >= 11 is 0. The van der Waals surface area contributed by atoms with Crippen molar-refractivity contribution in [3.05, 3.63) is 65.6 Å². The summed E-state index contributed by atoms with van der Waals surface area (Å²) < 4.78 is 45.8. The fourth-order valence-corrected chi connectivity index (χ4v) is 5.55. The Labute approximate surface area is 239 Å². The molecule has 0 radical (unpaired) electrons. The Bertz CT molecular complexity index is 1700. The maximum Gasteiger partial charge on any atom is 0.422 e. The molecule has 2 aliphatic rings. The zero-order chi connectivity index (χ0) is 29.6. The summed E-state index contributed by atoms with van der Waals surface area (Å²) in [6.07, 6.45) is -1.56. The molecule has 220 valence electrons. The van der Waals surface area contributed by atoms with Crippen molar-refractivity contribution in [3.63, 3.8) is 0 Å². The van der Waals surface area contributed by atoms with E-state index >= 15 is 0 Å². The second kappa shape index (κ2) is 10.7. The van der Waals surface area contributed by atoms with Crippen molar-refractivity contribution >= 4 is 34.0 Å². The van der Waals surface area contributed by atoms with Gasteiger partial charge in [-0.25, -0.2) is 14.3 Å². The van der Waals surface area contributed by atoms with Gasteiger partial charge in [0.2, 0.25) is 11.8 Å². The average Bonchev–Trinajstić information content (AvgIpc) is 3.22. The van der Waals surface area contributed by atoms with Crippen LogP contribution in [0.25, 0.3) is 16.9 Å². The first-order valence-corrected chi connectivity index (χ1v) is 13.4. The summed E-state index contributed by atoms with van der Waals surface area (Å²) in [6, 6.07) is 10.9. The molecule has 6 rings (SSSR count). The fraction of sp³-hybridized carbons (Fsp3) is 0.357. The number of hydrogen-bond acceptors (Lipinski definition) is 9. The van der Waals surface area contributed by atoms with E-state index in [4.69, 9.17) is 4.74 Å². The van der Waals surface area contributed by atoms with Crippen molar-refractivity contribution in [1.82, 2.24) is 29.2 Å². The van der Waals surface area contributed by atoms with Crippen LogP contribution in [-0.4, -0.2) is 88.3 Å². The Morgan fingerprint density at radius 1 is 1.12 bits per heavy atom. The van der Waals surface area contributed by atoms with Crippen molar-refractivity contribution < 1.29 is 17.9 Å². The van der Waals surface area contributed by atoms with Gasteiger partial charge in [0.05, 0.1) is 24.0 Å². The van der Waals surface area contributed by atoms with Crippen molar-refractivity contribution in [1.29, 1.82) is 0 Å². The SMILES string of the molecule is C=CCn1c(=O)c2cnc(Nc3ccc4c(c3)N3CCN(C)CC3CN4C)nc2n1-c1cccc(OCC(F)(F)F)n1. The third-order valence-corrected chi connectivity index (χ3v) is 7.41. The van der Waals surface area contributed by atoms with Gasteiger partial charge in [-0.1, -0.05) is 12.1 Å². The monoisotopic (exact) mass is 581 g/mol. The first-order valence-electron chi connectivity index (χ1n) is 13.4. The second-order valence-electron chi connectivity index (χ2n) is 10.5. The van der Waals surface area contributed by atoms with E-state index in [0.29, 0.717) is 6.04 Å². The van der Waals surface area contributed by atoms with Gasteiger partial charge in [-0.2, -0.15) is 23.1 Å². The molecular formula is C28H30F3N9O2. The fourth-order valence-electron chi connectivity index (χ4n) is 5.55. The van der Waals surface area contributed by atoms with E-state index in [1.165, 1.54) is 33.8 Å². The maximum absolute atomic E-state index is 13.2. The van der Waals surface area contributed by atoms with Crippen LogP contribution in [0, 0.1) is 0 Å². The molecule has 1 atom stereocenters. The number of nitrogens with zero attached hydrogens (tertiary/aromatic N) is 8. The highest BCUT2D eigenvalue weighted by Gasteiger charge is 2.33. The summed E-state index contributed by atoms with van der Waals surface area (Å²) in [7, 11) is 4.24. The predicted molar refractivity (Wildman–Crippen MR) is 154 cm³/mol.